The number of fused-ring (bicyclic) bond motifs is 1. The van der Waals surface area contributed by atoms with Gasteiger partial charge in [-0.15, -0.1) is 0 Å². The number of rotatable bonds is 2. The molecule has 6 nitrogen and oxygen atoms in total. The average Bonchev–Trinajstić information content (AvgIpc) is 3.26. The maximum Gasteiger partial charge on any atom is 0.254 e. The van der Waals surface area contributed by atoms with Crippen molar-refractivity contribution in [2.45, 2.75) is 19.5 Å². The summed E-state index contributed by atoms with van der Waals surface area (Å²) in [5.74, 6) is 0.732. The quantitative estimate of drug-likeness (QED) is 0.730. The van der Waals surface area contributed by atoms with Crippen LogP contribution in [-0.4, -0.2) is 36.5 Å². The van der Waals surface area contributed by atoms with Gasteiger partial charge in [-0.2, -0.15) is 0 Å². The van der Waals surface area contributed by atoms with Crippen LogP contribution in [0.2, 0.25) is 0 Å². The number of carbonyl (C=O) groups excluding carboxylic acids is 1. The third-order valence-corrected chi connectivity index (χ3v) is 4.36. The Bertz CT molecular complexity index is 836. The molecule has 1 amide bonds. The first kappa shape index (κ1) is 13.8. The number of hydrogen-bond donors (Lipinski definition) is 0. The highest BCUT2D eigenvalue weighted by molar-refractivity contribution is 5.94. The van der Waals surface area contributed by atoms with Crippen LogP contribution in [0, 0.1) is 0 Å². The van der Waals surface area contributed by atoms with Gasteiger partial charge in [-0.25, -0.2) is 9.97 Å². The van der Waals surface area contributed by atoms with Crippen LogP contribution in [-0.2, 0) is 6.54 Å². The second-order valence-electron chi connectivity index (χ2n) is 5.67. The SMILES string of the molecule is C[C@@H]1c2cccn2CCN1C(=O)c1ccnc(-n2ccnc2)c1. The number of aromatic nitrogens is 4. The predicted octanol–water partition coefficient (Wildman–Crippen LogP) is 2.29. The van der Waals surface area contributed by atoms with Gasteiger partial charge in [-0.1, -0.05) is 0 Å². The van der Waals surface area contributed by atoms with Gasteiger partial charge in [0, 0.05) is 49.1 Å². The van der Waals surface area contributed by atoms with Gasteiger partial charge in [-0.05, 0) is 31.2 Å². The molecule has 4 rings (SSSR count). The van der Waals surface area contributed by atoms with Gasteiger partial charge in [0.1, 0.15) is 12.1 Å². The van der Waals surface area contributed by atoms with Crippen LogP contribution in [0.4, 0.5) is 0 Å². The van der Waals surface area contributed by atoms with Crippen molar-refractivity contribution in [2.75, 3.05) is 6.54 Å². The summed E-state index contributed by atoms with van der Waals surface area (Å²) in [6.07, 6.45) is 8.91. The lowest BCUT2D eigenvalue weighted by molar-refractivity contribution is 0.0644. The topological polar surface area (TPSA) is 56.0 Å². The van der Waals surface area contributed by atoms with Crippen LogP contribution in [0.1, 0.15) is 29.0 Å². The second-order valence-corrected chi connectivity index (χ2v) is 5.67. The molecule has 0 aliphatic carbocycles. The second kappa shape index (κ2) is 5.39. The lowest BCUT2D eigenvalue weighted by atomic mass is 10.1. The normalized spacial score (nSPS) is 17.1. The highest BCUT2D eigenvalue weighted by Crippen LogP contribution is 2.27. The Kier molecular flexibility index (Phi) is 3.22. The van der Waals surface area contributed by atoms with Crippen molar-refractivity contribution in [1.29, 1.82) is 0 Å². The summed E-state index contributed by atoms with van der Waals surface area (Å²) in [6, 6.07) is 7.75. The van der Waals surface area contributed by atoms with Crippen molar-refractivity contribution in [3.05, 3.63) is 66.6 Å². The Morgan fingerprint density at radius 1 is 1.22 bits per heavy atom. The van der Waals surface area contributed by atoms with Crippen molar-refractivity contribution in [1.82, 2.24) is 24.0 Å². The molecule has 0 unspecified atom stereocenters. The predicted molar refractivity (Wildman–Crippen MR) is 85.2 cm³/mol. The number of carbonyl (C=O) groups is 1. The Morgan fingerprint density at radius 2 is 2.13 bits per heavy atom. The molecule has 0 bridgehead atoms. The average molecular weight is 307 g/mol. The van der Waals surface area contributed by atoms with Gasteiger partial charge in [0.25, 0.3) is 5.91 Å². The Hall–Kier alpha value is -2.89. The van der Waals surface area contributed by atoms with Gasteiger partial charge in [0.2, 0.25) is 0 Å². The number of hydrogen-bond acceptors (Lipinski definition) is 3. The van der Waals surface area contributed by atoms with Crippen LogP contribution in [0.15, 0.2) is 55.4 Å². The third kappa shape index (κ3) is 2.32. The first-order valence-corrected chi connectivity index (χ1v) is 7.64. The smallest absolute Gasteiger partial charge is 0.254 e. The van der Waals surface area contributed by atoms with Gasteiger partial charge >= 0.3 is 0 Å². The molecule has 0 saturated carbocycles. The minimum Gasteiger partial charge on any atom is -0.348 e. The number of imidazole rings is 1. The van der Waals surface area contributed by atoms with E-state index in [4.69, 9.17) is 0 Å². The van der Waals surface area contributed by atoms with Gasteiger partial charge in [0.05, 0.1) is 6.04 Å². The summed E-state index contributed by atoms with van der Waals surface area (Å²) in [5.41, 5.74) is 1.82. The lowest BCUT2D eigenvalue weighted by Crippen LogP contribution is -2.40. The zero-order valence-electron chi connectivity index (χ0n) is 12.8. The lowest BCUT2D eigenvalue weighted by Gasteiger charge is -2.35. The summed E-state index contributed by atoms with van der Waals surface area (Å²) in [7, 11) is 0. The largest absolute Gasteiger partial charge is 0.348 e. The molecule has 0 spiro atoms. The summed E-state index contributed by atoms with van der Waals surface area (Å²) in [4.78, 5) is 23.2. The molecule has 6 heteroatoms. The fourth-order valence-electron chi connectivity index (χ4n) is 3.11. The molecule has 3 aromatic rings. The third-order valence-electron chi connectivity index (χ3n) is 4.36. The molecule has 0 fully saturated rings. The van der Waals surface area contributed by atoms with E-state index in [1.165, 1.54) is 5.69 Å². The zero-order valence-corrected chi connectivity index (χ0v) is 12.8. The van der Waals surface area contributed by atoms with Gasteiger partial charge < -0.3 is 9.47 Å². The Morgan fingerprint density at radius 3 is 2.96 bits per heavy atom. The zero-order chi connectivity index (χ0) is 15.8. The van der Waals surface area contributed by atoms with E-state index < -0.39 is 0 Å². The van der Waals surface area contributed by atoms with E-state index in [0.29, 0.717) is 17.9 Å². The van der Waals surface area contributed by atoms with Gasteiger partial charge in [0.15, 0.2) is 0 Å². The van der Waals surface area contributed by atoms with Crippen molar-refractivity contribution in [2.24, 2.45) is 0 Å². The molecule has 116 valence electrons. The van der Waals surface area contributed by atoms with E-state index in [1.807, 2.05) is 23.2 Å². The summed E-state index contributed by atoms with van der Waals surface area (Å²) in [6.45, 7) is 3.61. The van der Waals surface area contributed by atoms with Crippen molar-refractivity contribution >= 4 is 5.91 Å². The van der Waals surface area contributed by atoms with Crippen molar-refractivity contribution in [3.8, 4) is 5.82 Å². The summed E-state index contributed by atoms with van der Waals surface area (Å²) in [5, 5.41) is 0. The molecule has 1 aliphatic rings. The monoisotopic (exact) mass is 307 g/mol. The van der Waals surface area contributed by atoms with Crippen LogP contribution < -0.4 is 0 Å². The minimum atomic E-state index is 0.0358. The summed E-state index contributed by atoms with van der Waals surface area (Å²) < 4.78 is 4.00. The van der Waals surface area contributed by atoms with Crippen LogP contribution in [0.3, 0.4) is 0 Å². The molecule has 23 heavy (non-hydrogen) atoms. The molecular formula is C17H17N5O. The molecule has 1 atom stereocenters. The van der Waals surface area contributed by atoms with Crippen LogP contribution in [0.5, 0.6) is 0 Å². The maximum atomic E-state index is 12.9. The maximum absolute atomic E-state index is 12.9. The molecule has 3 aromatic heterocycles. The first-order chi connectivity index (χ1) is 11.2. The van der Waals surface area contributed by atoms with E-state index in [0.717, 1.165) is 6.54 Å². The fraction of sp³-hybridized carbons (Fsp3) is 0.235. The number of pyridine rings is 1. The van der Waals surface area contributed by atoms with E-state index in [-0.39, 0.29) is 11.9 Å². The Labute approximate surface area is 134 Å². The van der Waals surface area contributed by atoms with E-state index in [2.05, 4.69) is 33.7 Å². The molecule has 1 aliphatic heterocycles. The minimum absolute atomic E-state index is 0.0358. The van der Waals surface area contributed by atoms with Crippen molar-refractivity contribution in [3.63, 3.8) is 0 Å². The molecular weight excluding hydrogens is 290 g/mol. The number of nitrogens with zero attached hydrogens (tertiary/aromatic N) is 5. The van der Waals surface area contributed by atoms with E-state index in [1.54, 1.807) is 29.4 Å². The number of amides is 1. The molecule has 0 N–H and O–H groups in total. The standard InChI is InChI=1S/C17H17N5O/c1-13-15-3-2-7-20(15)9-10-22(13)17(23)14-4-5-19-16(11-14)21-8-6-18-12-21/h2-8,11-13H,9-10H2,1H3/t13-/m1/s1. The fourth-order valence-corrected chi connectivity index (χ4v) is 3.11. The molecule has 0 saturated heterocycles. The van der Waals surface area contributed by atoms with E-state index in [9.17, 15) is 4.79 Å². The van der Waals surface area contributed by atoms with E-state index >= 15 is 0 Å². The molecule has 0 radical (unpaired) electrons. The highest BCUT2D eigenvalue weighted by Gasteiger charge is 2.28. The Balaban J connectivity index is 1.64. The van der Waals surface area contributed by atoms with Crippen LogP contribution >= 0.6 is 0 Å². The summed E-state index contributed by atoms with van der Waals surface area (Å²) >= 11 is 0. The first-order valence-electron chi connectivity index (χ1n) is 7.64. The van der Waals surface area contributed by atoms with Crippen LogP contribution in [0.25, 0.3) is 5.82 Å². The van der Waals surface area contributed by atoms with Crippen molar-refractivity contribution < 1.29 is 4.79 Å². The van der Waals surface area contributed by atoms with Gasteiger partial charge in [-0.3, -0.25) is 9.36 Å². The highest BCUT2D eigenvalue weighted by atomic mass is 16.2. The molecule has 4 heterocycles. The molecule has 0 aromatic carbocycles.